The van der Waals surface area contributed by atoms with Crippen molar-refractivity contribution in [3.05, 3.63) is 35.9 Å². The Hall–Kier alpha value is -1.39. The van der Waals surface area contributed by atoms with Gasteiger partial charge in [-0.25, -0.2) is 9.78 Å². The fourth-order valence-corrected chi connectivity index (χ4v) is 5.09. The largest absolute Gasteiger partial charge is 0.456 e. The first-order chi connectivity index (χ1) is 13.9. The quantitative estimate of drug-likeness (QED) is 0.252. The molecular weight excluding hydrogens is 364 g/mol. The molecule has 0 aromatic heterocycles. The minimum Gasteiger partial charge on any atom is -0.456 e. The number of hydrogen-bond donors (Lipinski definition) is 0. The van der Waals surface area contributed by atoms with Crippen LogP contribution in [0.15, 0.2) is 30.3 Å². The lowest BCUT2D eigenvalue weighted by Gasteiger charge is -2.44. The normalized spacial score (nSPS) is 30.0. The molecule has 0 amide bonds. The Morgan fingerprint density at radius 3 is 2.48 bits per heavy atom. The van der Waals surface area contributed by atoms with E-state index in [0.29, 0.717) is 18.8 Å². The maximum atomic E-state index is 11.6. The standard InChI is InChI=1S/C25H38O4/c1-20(13-9-6-4-5-7-10-14-21-15-11-8-12-16-21)18-24(2)19-25(3)22(28-29-24)17-23(26)27-25/h8,11-12,15-16,20,22H,4-7,9-10,13-14,17-19H2,1-3H3/t20?,22-,24+,25-/m0/s1. The minimum atomic E-state index is -0.538. The maximum absolute atomic E-state index is 11.6. The number of benzene rings is 1. The van der Waals surface area contributed by atoms with Crippen molar-refractivity contribution in [3.63, 3.8) is 0 Å². The van der Waals surface area contributed by atoms with Crippen LogP contribution in [0.5, 0.6) is 0 Å². The Bertz CT molecular complexity index is 645. The third-order valence-electron chi connectivity index (χ3n) is 6.51. The zero-order valence-corrected chi connectivity index (χ0v) is 18.5. The van der Waals surface area contributed by atoms with Gasteiger partial charge in [0, 0.05) is 6.42 Å². The van der Waals surface area contributed by atoms with Crippen molar-refractivity contribution in [1.82, 2.24) is 0 Å². The Kier molecular flexibility index (Phi) is 7.75. The summed E-state index contributed by atoms with van der Waals surface area (Å²) in [6, 6.07) is 10.8. The summed E-state index contributed by atoms with van der Waals surface area (Å²) in [6.07, 6.45) is 11.9. The molecule has 4 nitrogen and oxygen atoms in total. The third-order valence-corrected chi connectivity index (χ3v) is 6.51. The second-order valence-electron chi connectivity index (χ2n) is 9.74. The Labute approximate surface area is 176 Å². The van der Waals surface area contributed by atoms with E-state index in [1.807, 2.05) is 6.92 Å². The summed E-state index contributed by atoms with van der Waals surface area (Å²) in [7, 11) is 0. The average Bonchev–Trinajstić information content (AvgIpc) is 2.96. The molecule has 29 heavy (non-hydrogen) atoms. The van der Waals surface area contributed by atoms with Gasteiger partial charge in [-0.1, -0.05) is 75.8 Å². The first-order valence-electron chi connectivity index (χ1n) is 11.5. The number of aryl methyl sites for hydroxylation is 1. The van der Waals surface area contributed by atoms with E-state index in [1.165, 1.54) is 56.9 Å². The molecule has 0 radical (unpaired) electrons. The molecule has 0 bridgehead atoms. The molecule has 1 aromatic carbocycles. The van der Waals surface area contributed by atoms with Gasteiger partial charge >= 0.3 is 5.97 Å². The zero-order chi connectivity index (χ0) is 20.7. The fraction of sp³-hybridized carbons (Fsp3) is 0.720. The van der Waals surface area contributed by atoms with Crippen LogP contribution in [0.4, 0.5) is 0 Å². The molecule has 0 aliphatic carbocycles. The molecule has 2 aliphatic rings. The maximum Gasteiger partial charge on any atom is 0.309 e. The second-order valence-corrected chi connectivity index (χ2v) is 9.74. The van der Waals surface area contributed by atoms with Crippen LogP contribution in [0.1, 0.15) is 90.5 Å². The highest BCUT2D eigenvalue weighted by atomic mass is 17.2. The highest BCUT2D eigenvalue weighted by Gasteiger charge is 2.55. The van der Waals surface area contributed by atoms with Crippen LogP contribution in [0.25, 0.3) is 0 Å². The summed E-state index contributed by atoms with van der Waals surface area (Å²) in [4.78, 5) is 22.9. The van der Waals surface area contributed by atoms with E-state index in [2.05, 4.69) is 44.2 Å². The van der Waals surface area contributed by atoms with Crippen molar-refractivity contribution in [1.29, 1.82) is 0 Å². The van der Waals surface area contributed by atoms with Gasteiger partial charge in [0.05, 0.1) is 6.42 Å². The first kappa shape index (κ1) is 22.3. The summed E-state index contributed by atoms with van der Waals surface area (Å²) in [5.41, 5.74) is 0.535. The number of hydrogen-bond acceptors (Lipinski definition) is 4. The number of fused-ring (bicyclic) bond motifs is 1. The van der Waals surface area contributed by atoms with Gasteiger partial charge < -0.3 is 4.74 Å². The lowest BCUT2D eigenvalue weighted by atomic mass is 9.79. The minimum absolute atomic E-state index is 0.179. The van der Waals surface area contributed by atoms with Gasteiger partial charge in [0.15, 0.2) is 0 Å². The molecular formula is C25H38O4. The van der Waals surface area contributed by atoms with Gasteiger partial charge in [-0.05, 0) is 44.6 Å². The highest BCUT2D eigenvalue weighted by Crippen LogP contribution is 2.44. The van der Waals surface area contributed by atoms with Crippen molar-refractivity contribution in [3.8, 4) is 0 Å². The molecule has 2 fully saturated rings. The molecule has 2 saturated heterocycles. The summed E-state index contributed by atoms with van der Waals surface area (Å²) in [6.45, 7) is 6.36. The Morgan fingerprint density at radius 2 is 1.72 bits per heavy atom. The van der Waals surface area contributed by atoms with E-state index in [-0.39, 0.29) is 17.7 Å². The Morgan fingerprint density at radius 1 is 1.03 bits per heavy atom. The Balaban J connectivity index is 1.25. The molecule has 162 valence electrons. The van der Waals surface area contributed by atoms with Gasteiger partial charge in [0.1, 0.15) is 17.3 Å². The lowest BCUT2D eigenvalue weighted by Crippen LogP contribution is -2.52. The van der Waals surface area contributed by atoms with Crippen molar-refractivity contribution in [2.45, 2.75) is 109 Å². The summed E-state index contributed by atoms with van der Waals surface area (Å²) in [5, 5.41) is 0. The van der Waals surface area contributed by atoms with Crippen molar-refractivity contribution in [2.24, 2.45) is 5.92 Å². The van der Waals surface area contributed by atoms with Crippen LogP contribution in [0, 0.1) is 5.92 Å². The smallest absolute Gasteiger partial charge is 0.309 e. The number of rotatable bonds is 11. The van der Waals surface area contributed by atoms with Crippen LogP contribution >= 0.6 is 0 Å². The van der Waals surface area contributed by atoms with E-state index in [0.717, 1.165) is 6.42 Å². The zero-order valence-electron chi connectivity index (χ0n) is 18.5. The topological polar surface area (TPSA) is 44.8 Å². The van der Waals surface area contributed by atoms with Gasteiger partial charge in [-0.3, -0.25) is 4.79 Å². The molecule has 0 saturated carbocycles. The number of ether oxygens (including phenoxy) is 1. The van der Waals surface area contributed by atoms with E-state index in [4.69, 9.17) is 14.5 Å². The lowest BCUT2D eigenvalue weighted by molar-refractivity contribution is -0.429. The fourth-order valence-electron chi connectivity index (χ4n) is 5.09. The summed E-state index contributed by atoms with van der Waals surface area (Å²) >= 11 is 0. The monoisotopic (exact) mass is 402 g/mol. The van der Waals surface area contributed by atoms with Gasteiger partial charge in [0.25, 0.3) is 0 Å². The van der Waals surface area contributed by atoms with Crippen LogP contribution in [0.3, 0.4) is 0 Å². The highest BCUT2D eigenvalue weighted by molar-refractivity contribution is 5.73. The van der Waals surface area contributed by atoms with Crippen LogP contribution in [-0.2, 0) is 25.7 Å². The molecule has 4 atom stereocenters. The molecule has 2 aliphatic heterocycles. The van der Waals surface area contributed by atoms with Crippen molar-refractivity contribution in [2.75, 3.05) is 0 Å². The SMILES string of the molecule is CC(CCCCCCCCc1ccccc1)C[C@]1(C)C[C@]2(C)OC(=O)C[C@@H]2OO1. The molecule has 2 heterocycles. The molecule has 4 heteroatoms. The number of unbranched alkanes of at least 4 members (excludes halogenated alkanes) is 5. The van der Waals surface area contributed by atoms with E-state index in [9.17, 15) is 4.79 Å². The van der Waals surface area contributed by atoms with Crippen molar-refractivity contribution < 1.29 is 19.3 Å². The first-order valence-corrected chi connectivity index (χ1v) is 11.5. The molecule has 0 N–H and O–H groups in total. The molecule has 3 rings (SSSR count). The molecule has 1 aromatic rings. The third kappa shape index (κ3) is 6.55. The number of esters is 1. The summed E-state index contributed by atoms with van der Waals surface area (Å²) < 4.78 is 5.56. The second kappa shape index (κ2) is 10.1. The van der Waals surface area contributed by atoms with Gasteiger partial charge in [-0.2, -0.15) is 0 Å². The van der Waals surface area contributed by atoms with E-state index >= 15 is 0 Å². The van der Waals surface area contributed by atoms with Crippen LogP contribution in [0.2, 0.25) is 0 Å². The van der Waals surface area contributed by atoms with Crippen LogP contribution in [-0.4, -0.2) is 23.3 Å². The number of carbonyl (C=O) groups is 1. The summed E-state index contributed by atoms with van der Waals surface area (Å²) in [5.74, 6) is 0.390. The van der Waals surface area contributed by atoms with E-state index < -0.39 is 5.60 Å². The number of carbonyl (C=O) groups excluding carboxylic acids is 1. The predicted octanol–water partition coefficient (Wildman–Crippen LogP) is 6.17. The predicted molar refractivity (Wildman–Crippen MR) is 114 cm³/mol. The van der Waals surface area contributed by atoms with Gasteiger partial charge in [-0.15, -0.1) is 0 Å². The molecule has 0 spiro atoms. The van der Waals surface area contributed by atoms with Crippen LogP contribution < -0.4 is 0 Å². The van der Waals surface area contributed by atoms with Gasteiger partial charge in [0.2, 0.25) is 0 Å². The average molecular weight is 403 g/mol. The van der Waals surface area contributed by atoms with Crippen molar-refractivity contribution >= 4 is 5.97 Å². The molecule has 1 unspecified atom stereocenters. The van der Waals surface area contributed by atoms with E-state index in [1.54, 1.807) is 0 Å².